The molecule has 0 aliphatic rings. The lowest BCUT2D eigenvalue weighted by atomic mass is 10.1. The van der Waals surface area contributed by atoms with Crippen LogP contribution in [0.2, 0.25) is 0 Å². The number of benzene rings is 2. The van der Waals surface area contributed by atoms with Gasteiger partial charge in [0.1, 0.15) is 0 Å². The topological polar surface area (TPSA) is 0 Å². The summed E-state index contributed by atoms with van der Waals surface area (Å²) in [6.07, 6.45) is 1.87. The van der Waals surface area contributed by atoms with Gasteiger partial charge in [-0.15, -0.1) is 0 Å². The Morgan fingerprint density at radius 3 is 2.29 bits per heavy atom. The van der Waals surface area contributed by atoms with E-state index in [1.165, 1.54) is 16.0 Å². The van der Waals surface area contributed by atoms with Gasteiger partial charge in [-0.2, -0.15) is 0 Å². The summed E-state index contributed by atoms with van der Waals surface area (Å²) in [4.78, 5) is 1.31. The third-order valence-corrected chi connectivity index (χ3v) is 4.66. The molecular weight excluding hydrogens is 244 g/mol. The lowest BCUT2D eigenvalue weighted by Crippen LogP contribution is -1.78. The van der Waals surface area contributed by atoms with Gasteiger partial charge in [0.25, 0.3) is 0 Å². The van der Waals surface area contributed by atoms with Crippen LogP contribution in [0.5, 0.6) is 0 Å². The molecule has 2 heteroatoms. The highest BCUT2D eigenvalue weighted by Gasteiger charge is 1.96. The van der Waals surface area contributed by atoms with Crippen LogP contribution >= 0.6 is 21.6 Å². The maximum atomic E-state index is 3.75. The fourth-order valence-electron chi connectivity index (χ4n) is 1.39. The van der Waals surface area contributed by atoms with Crippen LogP contribution in [0.1, 0.15) is 11.1 Å². The van der Waals surface area contributed by atoms with E-state index in [1.807, 2.05) is 33.7 Å². The third-order valence-electron chi connectivity index (χ3n) is 2.34. The molecule has 0 bridgehead atoms. The SMILES string of the molecule is C=Cc1ccc(CSSc2ccccc2)cc1. The van der Waals surface area contributed by atoms with Crippen molar-refractivity contribution < 1.29 is 0 Å². The van der Waals surface area contributed by atoms with Crippen molar-refractivity contribution in [1.82, 2.24) is 0 Å². The van der Waals surface area contributed by atoms with E-state index in [4.69, 9.17) is 0 Å². The van der Waals surface area contributed by atoms with Gasteiger partial charge in [-0.25, -0.2) is 0 Å². The van der Waals surface area contributed by atoms with Crippen molar-refractivity contribution in [2.75, 3.05) is 0 Å². The van der Waals surface area contributed by atoms with E-state index in [0.29, 0.717) is 0 Å². The minimum atomic E-state index is 1.02. The molecule has 0 fully saturated rings. The Kier molecular flexibility index (Phi) is 4.77. The Morgan fingerprint density at radius 1 is 0.941 bits per heavy atom. The second kappa shape index (κ2) is 6.58. The number of hydrogen-bond acceptors (Lipinski definition) is 2. The number of hydrogen-bond donors (Lipinski definition) is 0. The Bertz CT molecular complexity index is 460. The van der Waals surface area contributed by atoms with Crippen molar-refractivity contribution in [2.24, 2.45) is 0 Å². The third kappa shape index (κ3) is 3.99. The van der Waals surface area contributed by atoms with E-state index in [-0.39, 0.29) is 0 Å². The van der Waals surface area contributed by atoms with Gasteiger partial charge >= 0.3 is 0 Å². The lowest BCUT2D eigenvalue weighted by molar-refractivity contribution is 1.42. The summed E-state index contributed by atoms with van der Waals surface area (Å²) in [6, 6.07) is 19.0. The first kappa shape index (κ1) is 12.3. The molecule has 0 unspecified atom stereocenters. The highest BCUT2D eigenvalue weighted by Crippen LogP contribution is 2.33. The number of rotatable bonds is 5. The second-order valence-electron chi connectivity index (χ2n) is 3.60. The lowest BCUT2D eigenvalue weighted by Gasteiger charge is -2.02. The first-order valence-electron chi connectivity index (χ1n) is 5.44. The standard InChI is InChI=1S/C15H14S2/c1-2-13-8-10-14(11-9-13)12-16-17-15-6-4-3-5-7-15/h2-11H,1,12H2. The smallest absolute Gasteiger partial charge is 0.0292 e. The predicted molar refractivity (Wildman–Crippen MR) is 80.1 cm³/mol. The molecule has 0 N–H and O–H groups in total. The van der Waals surface area contributed by atoms with E-state index in [2.05, 4.69) is 55.1 Å². The summed E-state index contributed by atoms with van der Waals surface area (Å²) < 4.78 is 0. The van der Waals surface area contributed by atoms with Crippen LogP contribution in [-0.2, 0) is 5.75 Å². The Hall–Kier alpha value is -1.12. The molecule has 0 heterocycles. The van der Waals surface area contributed by atoms with Crippen LogP contribution in [0.15, 0.2) is 66.1 Å². The Balaban J connectivity index is 1.84. The zero-order valence-electron chi connectivity index (χ0n) is 9.50. The summed E-state index contributed by atoms with van der Waals surface area (Å²) in [5, 5.41) is 0. The maximum absolute atomic E-state index is 3.75. The second-order valence-corrected chi connectivity index (χ2v) is 5.97. The first-order valence-corrected chi connectivity index (χ1v) is 7.76. The molecule has 0 atom stereocenters. The molecule has 0 spiro atoms. The maximum Gasteiger partial charge on any atom is 0.0292 e. The molecule has 0 aliphatic carbocycles. The van der Waals surface area contributed by atoms with Crippen molar-refractivity contribution in [2.45, 2.75) is 10.6 Å². The largest absolute Gasteiger partial charge is 0.0985 e. The van der Waals surface area contributed by atoms with Crippen LogP contribution in [-0.4, -0.2) is 0 Å². The normalized spacial score (nSPS) is 10.1. The molecule has 0 nitrogen and oxygen atoms in total. The van der Waals surface area contributed by atoms with Gasteiger partial charge < -0.3 is 0 Å². The van der Waals surface area contributed by atoms with E-state index in [1.54, 1.807) is 0 Å². The molecular formula is C15H14S2. The highest BCUT2D eigenvalue weighted by atomic mass is 33.1. The van der Waals surface area contributed by atoms with Gasteiger partial charge in [0.05, 0.1) is 0 Å². The molecule has 2 rings (SSSR count). The Morgan fingerprint density at radius 2 is 1.65 bits per heavy atom. The van der Waals surface area contributed by atoms with Gasteiger partial charge in [0.15, 0.2) is 0 Å². The molecule has 2 aromatic rings. The molecule has 0 saturated heterocycles. The molecule has 0 saturated carbocycles. The van der Waals surface area contributed by atoms with Crippen LogP contribution in [0.25, 0.3) is 6.08 Å². The van der Waals surface area contributed by atoms with Crippen molar-refractivity contribution in [1.29, 1.82) is 0 Å². The van der Waals surface area contributed by atoms with Gasteiger partial charge in [0.2, 0.25) is 0 Å². The molecule has 17 heavy (non-hydrogen) atoms. The first-order chi connectivity index (χ1) is 8.38. The van der Waals surface area contributed by atoms with Crippen molar-refractivity contribution >= 4 is 27.7 Å². The van der Waals surface area contributed by atoms with E-state index >= 15 is 0 Å². The van der Waals surface area contributed by atoms with E-state index < -0.39 is 0 Å². The van der Waals surface area contributed by atoms with Crippen molar-refractivity contribution in [3.8, 4) is 0 Å². The zero-order chi connectivity index (χ0) is 11.9. The summed E-state index contributed by atoms with van der Waals surface area (Å²) in [7, 11) is 3.69. The quantitative estimate of drug-likeness (QED) is 0.670. The fourth-order valence-corrected chi connectivity index (χ4v) is 3.51. The van der Waals surface area contributed by atoms with E-state index in [9.17, 15) is 0 Å². The van der Waals surface area contributed by atoms with Crippen molar-refractivity contribution in [3.63, 3.8) is 0 Å². The van der Waals surface area contributed by atoms with Gasteiger partial charge in [-0.05, 0) is 23.3 Å². The highest BCUT2D eigenvalue weighted by molar-refractivity contribution is 8.76. The van der Waals surface area contributed by atoms with Crippen LogP contribution < -0.4 is 0 Å². The van der Waals surface area contributed by atoms with Gasteiger partial charge in [-0.1, -0.05) is 76.7 Å². The van der Waals surface area contributed by atoms with Crippen molar-refractivity contribution in [3.05, 3.63) is 72.3 Å². The zero-order valence-corrected chi connectivity index (χ0v) is 11.1. The molecule has 0 amide bonds. The average molecular weight is 258 g/mol. The summed E-state index contributed by atoms with van der Waals surface area (Å²) in [6.45, 7) is 3.75. The monoisotopic (exact) mass is 258 g/mol. The molecule has 86 valence electrons. The van der Waals surface area contributed by atoms with E-state index in [0.717, 1.165) is 5.75 Å². The molecule has 2 aromatic carbocycles. The minimum absolute atomic E-state index is 1.02. The molecule has 0 aromatic heterocycles. The van der Waals surface area contributed by atoms with Gasteiger partial charge in [0, 0.05) is 10.6 Å². The average Bonchev–Trinajstić information content (AvgIpc) is 2.41. The Labute approximate surface area is 111 Å². The summed E-state index contributed by atoms with van der Waals surface area (Å²) in [5.41, 5.74) is 2.53. The summed E-state index contributed by atoms with van der Waals surface area (Å²) >= 11 is 0. The molecule has 0 aliphatic heterocycles. The predicted octanol–water partition coefficient (Wildman–Crippen LogP) is 5.27. The summed E-state index contributed by atoms with van der Waals surface area (Å²) in [5.74, 6) is 1.02. The fraction of sp³-hybridized carbons (Fsp3) is 0.0667. The van der Waals surface area contributed by atoms with Crippen LogP contribution in [0, 0.1) is 0 Å². The minimum Gasteiger partial charge on any atom is -0.0985 e. The van der Waals surface area contributed by atoms with Gasteiger partial charge in [-0.3, -0.25) is 0 Å². The van der Waals surface area contributed by atoms with Crippen LogP contribution in [0.4, 0.5) is 0 Å². The van der Waals surface area contributed by atoms with Crippen LogP contribution in [0.3, 0.4) is 0 Å². The molecule has 0 radical (unpaired) electrons.